The van der Waals surface area contributed by atoms with Gasteiger partial charge in [-0.05, 0) is 60.2 Å². The molecule has 5 heteroatoms. The summed E-state index contributed by atoms with van der Waals surface area (Å²) in [5.74, 6) is 1.02. The third-order valence-electron chi connectivity index (χ3n) is 9.20. The predicted molar refractivity (Wildman–Crippen MR) is 149 cm³/mol. The van der Waals surface area contributed by atoms with Crippen LogP contribution in [-0.4, -0.2) is 38.2 Å². The van der Waals surface area contributed by atoms with Gasteiger partial charge in [0.15, 0.2) is 0 Å². The lowest BCUT2D eigenvalue weighted by Crippen LogP contribution is -2.60. The standard InChI is InChI=1S/C32H32BrNO3/c1-21(24-8-5-7-11-28(24)36-2)18-34-19-29-31(22-12-14-23(33)15-13-22)17-16-27(25-9-4-6-10-26(25)31)32(29,20-34)30(35)37-3/h4-15,18,27,29H,16-17,19-20H2,1-3H3. The summed E-state index contributed by atoms with van der Waals surface area (Å²) in [5, 5.41) is 0. The Morgan fingerprint density at radius 3 is 2.51 bits per heavy atom. The molecule has 4 aliphatic rings. The minimum atomic E-state index is -0.605. The highest BCUT2D eigenvalue weighted by atomic mass is 79.9. The maximum absolute atomic E-state index is 13.9. The number of carbonyl (C=O) groups excluding carboxylic acids is 1. The van der Waals surface area contributed by atoms with Gasteiger partial charge in [0.25, 0.3) is 0 Å². The number of rotatable bonds is 5. The summed E-state index contributed by atoms with van der Waals surface area (Å²) in [6.07, 6.45) is 4.23. The average molecular weight is 559 g/mol. The maximum Gasteiger partial charge on any atom is 0.314 e. The number of hydrogen-bond acceptors (Lipinski definition) is 4. The fourth-order valence-electron chi connectivity index (χ4n) is 7.82. The Morgan fingerprint density at radius 2 is 1.76 bits per heavy atom. The fourth-order valence-corrected chi connectivity index (χ4v) is 8.09. The maximum atomic E-state index is 13.9. The van der Waals surface area contributed by atoms with Crippen LogP contribution in [0.1, 0.15) is 47.9 Å². The average Bonchev–Trinajstić information content (AvgIpc) is 3.34. The molecule has 0 N–H and O–H groups in total. The number of ether oxygens (including phenoxy) is 2. The number of methoxy groups -OCH3 is 2. The first-order valence-corrected chi connectivity index (χ1v) is 13.7. The minimum Gasteiger partial charge on any atom is -0.496 e. The molecule has 1 heterocycles. The molecule has 0 amide bonds. The van der Waals surface area contributed by atoms with E-state index in [2.05, 4.69) is 88.6 Å². The van der Waals surface area contributed by atoms with Gasteiger partial charge in [-0.15, -0.1) is 0 Å². The van der Waals surface area contributed by atoms with E-state index in [1.807, 2.05) is 18.2 Å². The van der Waals surface area contributed by atoms with Crippen molar-refractivity contribution < 1.29 is 14.3 Å². The summed E-state index contributed by atoms with van der Waals surface area (Å²) >= 11 is 3.62. The van der Waals surface area contributed by atoms with Gasteiger partial charge in [-0.3, -0.25) is 4.79 Å². The van der Waals surface area contributed by atoms with Crippen LogP contribution in [0.15, 0.2) is 83.5 Å². The van der Waals surface area contributed by atoms with Crippen molar-refractivity contribution in [2.75, 3.05) is 27.3 Å². The third-order valence-corrected chi connectivity index (χ3v) is 9.73. The number of para-hydroxylation sites is 1. The molecule has 7 rings (SSSR count). The van der Waals surface area contributed by atoms with E-state index in [0.717, 1.165) is 40.7 Å². The highest BCUT2D eigenvalue weighted by Crippen LogP contribution is 2.69. The van der Waals surface area contributed by atoms with E-state index < -0.39 is 5.41 Å². The molecule has 2 fully saturated rings. The van der Waals surface area contributed by atoms with Crippen molar-refractivity contribution in [2.45, 2.75) is 31.1 Å². The Morgan fingerprint density at radius 1 is 1.03 bits per heavy atom. The normalized spacial score (nSPS) is 28.0. The van der Waals surface area contributed by atoms with Crippen LogP contribution < -0.4 is 4.74 Å². The highest BCUT2D eigenvalue weighted by Gasteiger charge is 2.70. The molecule has 190 valence electrons. The first kappa shape index (κ1) is 24.3. The van der Waals surface area contributed by atoms with Crippen LogP contribution in [0, 0.1) is 11.3 Å². The smallest absolute Gasteiger partial charge is 0.314 e. The summed E-state index contributed by atoms with van der Waals surface area (Å²) in [6.45, 7) is 3.56. The Hall–Kier alpha value is -3.05. The van der Waals surface area contributed by atoms with Gasteiger partial charge in [0.2, 0.25) is 0 Å². The zero-order chi connectivity index (χ0) is 25.8. The van der Waals surface area contributed by atoms with Crippen LogP contribution in [0.25, 0.3) is 5.57 Å². The lowest BCUT2D eigenvalue weighted by Gasteiger charge is -2.59. The van der Waals surface area contributed by atoms with Gasteiger partial charge in [0.1, 0.15) is 5.75 Å². The number of likely N-dealkylation sites (tertiary alicyclic amines) is 1. The topological polar surface area (TPSA) is 38.8 Å². The molecule has 3 aromatic carbocycles. The van der Waals surface area contributed by atoms with Gasteiger partial charge < -0.3 is 14.4 Å². The molecule has 1 aliphatic heterocycles. The lowest BCUT2D eigenvalue weighted by molar-refractivity contribution is -0.161. The van der Waals surface area contributed by atoms with Crippen molar-refractivity contribution in [1.82, 2.24) is 4.90 Å². The molecule has 3 aliphatic carbocycles. The predicted octanol–water partition coefficient (Wildman–Crippen LogP) is 6.79. The van der Waals surface area contributed by atoms with Crippen molar-refractivity contribution in [2.24, 2.45) is 11.3 Å². The lowest BCUT2D eigenvalue weighted by atomic mass is 9.42. The number of halogens is 1. The number of esters is 1. The van der Waals surface area contributed by atoms with Crippen molar-refractivity contribution in [3.63, 3.8) is 0 Å². The summed E-state index contributed by atoms with van der Waals surface area (Å²) in [7, 11) is 3.26. The number of nitrogens with zero attached hydrogens (tertiary/aromatic N) is 1. The van der Waals surface area contributed by atoms with E-state index in [9.17, 15) is 4.79 Å². The molecular weight excluding hydrogens is 526 g/mol. The van der Waals surface area contributed by atoms with Crippen LogP contribution in [0.4, 0.5) is 0 Å². The van der Waals surface area contributed by atoms with E-state index in [1.54, 1.807) is 14.2 Å². The highest BCUT2D eigenvalue weighted by molar-refractivity contribution is 9.10. The number of allylic oxidation sites excluding steroid dienone is 1. The summed E-state index contributed by atoms with van der Waals surface area (Å²) in [4.78, 5) is 16.3. The van der Waals surface area contributed by atoms with E-state index in [-0.39, 0.29) is 23.2 Å². The van der Waals surface area contributed by atoms with E-state index in [4.69, 9.17) is 9.47 Å². The number of hydrogen-bond donors (Lipinski definition) is 0. The molecule has 4 atom stereocenters. The Labute approximate surface area is 227 Å². The number of carbonyl (C=O) groups is 1. The molecule has 3 aromatic rings. The second kappa shape index (κ2) is 9.05. The van der Waals surface area contributed by atoms with E-state index in [1.165, 1.54) is 16.7 Å². The van der Waals surface area contributed by atoms with Crippen LogP contribution in [0.3, 0.4) is 0 Å². The molecule has 1 saturated carbocycles. The van der Waals surface area contributed by atoms with E-state index in [0.29, 0.717) is 6.54 Å². The van der Waals surface area contributed by atoms with Crippen molar-refractivity contribution in [1.29, 1.82) is 0 Å². The molecule has 37 heavy (non-hydrogen) atoms. The van der Waals surface area contributed by atoms with Gasteiger partial charge in [-0.25, -0.2) is 0 Å². The molecule has 0 spiro atoms. The molecule has 4 nitrogen and oxygen atoms in total. The Balaban J connectivity index is 1.52. The summed E-state index contributed by atoms with van der Waals surface area (Å²) in [6, 6.07) is 25.7. The molecule has 1 saturated heterocycles. The van der Waals surface area contributed by atoms with Gasteiger partial charge in [-0.1, -0.05) is 70.5 Å². The zero-order valence-corrected chi connectivity index (χ0v) is 23.1. The Bertz CT molecular complexity index is 1380. The van der Waals surface area contributed by atoms with Crippen molar-refractivity contribution >= 4 is 27.5 Å². The van der Waals surface area contributed by atoms with Crippen LogP contribution in [0.5, 0.6) is 5.75 Å². The minimum absolute atomic E-state index is 0.0796. The monoisotopic (exact) mass is 557 g/mol. The van der Waals surface area contributed by atoms with E-state index >= 15 is 0 Å². The summed E-state index contributed by atoms with van der Waals surface area (Å²) in [5.41, 5.74) is 5.31. The van der Waals surface area contributed by atoms with Crippen LogP contribution in [-0.2, 0) is 14.9 Å². The van der Waals surface area contributed by atoms with Gasteiger partial charge in [-0.2, -0.15) is 0 Å². The first-order chi connectivity index (χ1) is 18.0. The van der Waals surface area contributed by atoms with Gasteiger partial charge in [0.05, 0.1) is 19.6 Å². The second-order valence-electron chi connectivity index (χ2n) is 10.7. The second-order valence-corrected chi connectivity index (χ2v) is 11.6. The van der Waals surface area contributed by atoms with Gasteiger partial charge >= 0.3 is 5.97 Å². The van der Waals surface area contributed by atoms with Gasteiger partial charge in [0, 0.05) is 46.6 Å². The fraction of sp³-hybridized carbons (Fsp3) is 0.344. The summed E-state index contributed by atoms with van der Waals surface area (Å²) < 4.78 is 12.3. The van der Waals surface area contributed by atoms with Crippen molar-refractivity contribution in [3.05, 3.63) is 106 Å². The number of benzene rings is 3. The van der Waals surface area contributed by atoms with Crippen LogP contribution in [0.2, 0.25) is 0 Å². The zero-order valence-electron chi connectivity index (χ0n) is 21.5. The molecule has 4 unspecified atom stereocenters. The third kappa shape index (κ3) is 3.43. The largest absolute Gasteiger partial charge is 0.496 e. The quantitative estimate of drug-likeness (QED) is 0.324. The van der Waals surface area contributed by atoms with Crippen LogP contribution >= 0.6 is 15.9 Å². The molecule has 0 aromatic heterocycles. The molecule has 2 bridgehead atoms. The Kier molecular flexibility index (Phi) is 5.95. The SMILES string of the molecule is COC(=O)C12CN(C=C(C)c3ccccc3OC)CC1C1(c3ccc(Br)cc3)CCC2c2ccccc21. The van der Waals surface area contributed by atoms with Crippen molar-refractivity contribution in [3.8, 4) is 5.75 Å². The molecule has 0 radical (unpaired) electrons. The molecular formula is C32H32BrNO3. The number of fused-ring (bicyclic) bond motifs is 1. The first-order valence-electron chi connectivity index (χ1n) is 13.0.